The number of carbonyl (C=O) groups excluding carboxylic acids is 1. The smallest absolute Gasteiger partial charge is 0.342 e. The number of nitro benzene ring substituents is 1. The van der Waals surface area contributed by atoms with Crippen molar-refractivity contribution in [3.63, 3.8) is 0 Å². The standard InChI is InChI=1S/C24H25N5O6/c1-13(25-26-22(31)15-8-11-17(23(32)33)18(12-15)29(34)35)19-21(30)20(28(5)27-19)14-6-9-16(10-7-14)24(2,3)4/h6-12,30H,1-5H3,(H,26,31)(H,32,33)/b25-13+. The molecule has 0 saturated carbocycles. The van der Waals surface area contributed by atoms with E-state index in [2.05, 4.69) is 36.4 Å². The van der Waals surface area contributed by atoms with Crippen LogP contribution in [0.4, 0.5) is 5.69 Å². The number of carbonyl (C=O) groups is 2. The van der Waals surface area contributed by atoms with Crippen LogP contribution in [0, 0.1) is 10.1 Å². The lowest BCUT2D eigenvalue weighted by Crippen LogP contribution is -2.20. The van der Waals surface area contributed by atoms with Crippen molar-refractivity contribution in [2.75, 3.05) is 0 Å². The van der Waals surface area contributed by atoms with Crippen LogP contribution in [0.5, 0.6) is 5.75 Å². The van der Waals surface area contributed by atoms with Crippen LogP contribution in [-0.2, 0) is 12.5 Å². The molecule has 1 aromatic heterocycles. The Labute approximate surface area is 200 Å². The summed E-state index contributed by atoms with van der Waals surface area (Å²) in [6.45, 7) is 7.85. The molecule has 0 atom stereocenters. The largest absolute Gasteiger partial charge is 0.504 e. The van der Waals surface area contributed by atoms with E-state index in [0.717, 1.165) is 29.3 Å². The average Bonchev–Trinajstić information content (AvgIpc) is 3.10. The summed E-state index contributed by atoms with van der Waals surface area (Å²) in [5.74, 6) is -2.39. The second kappa shape index (κ2) is 9.37. The van der Waals surface area contributed by atoms with Crippen LogP contribution in [0.15, 0.2) is 47.6 Å². The molecule has 0 fully saturated rings. The summed E-state index contributed by atoms with van der Waals surface area (Å²) in [6.07, 6.45) is 0. The van der Waals surface area contributed by atoms with Gasteiger partial charge in [0.2, 0.25) is 0 Å². The predicted molar refractivity (Wildman–Crippen MR) is 129 cm³/mol. The molecule has 2 aromatic carbocycles. The molecule has 1 heterocycles. The van der Waals surface area contributed by atoms with Gasteiger partial charge in [0.25, 0.3) is 11.6 Å². The van der Waals surface area contributed by atoms with Crippen LogP contribution in [0.1, 0.15) is 59.7 Å². The average molecular weight is 479 g/mol. The van der Waals surface area contributed by atoms with Gasteiger partial charge >= 0.3 is 5.97 Å². The van der Waals surface area contributed by atoms with Crippen molar-refractivity contribution in [2.24, 2.45) is 12.1 Å². The maximum absolute atomic E-state index is 12.5. The molecule has 11 nitrogen and oxygen atoms in total. The normalized spacial score (nSPS) is 11.9. The SMILES string of the molecule is C/C(=N\NC(=O)c1ccc(C(=O)O)c([N+](=O)[O-])c1)c1nn(C)c(-c2ccc(C(C)(C)C)cc2)c1O. The number of nitrogens with one attached hydrogen (secondary N) is 1. The summed E-state index contributed by atoms with van der Waals surface area (Å²) in [4.78, 5) is 33.9. The van der Waals surface area contributed by atoms with Crippen LogP contribution in [-0.4, -0.2) is 42.5 Å². The Hall–Kier alpha value is -4.54. The third kappa shape index (κ3) is 5.18. The second-order valence-electron chi connectivity index (χ2n) is 8.93. The number of rotatable bonds is 6. The molecular formula is C24H25N5O6. The Bertz CT molecular complexity index is 1350. The molecule has 182 valence electrons. The first-order valence-corrected chi connectivity index (χ1v) is 10.5. The minimum atomic E-state index is -1.48. The van der Waals surface area contributed by atoms with Crippen molar-refractivity contribution in [2.45, 2.75) is 33.1 Å². The van der Waals surface area contributed by atoms with E-state index < -0.39 is 28.1 Å². The van der Waals surface area contributed by atoms with E-state index in [-0.39, 0.29) is 28.1 Å². The topological polar surface area (TPSA) is 160 Å². The zero-order chi connectivity index (χ0) is 26.1. The first kappa shape index (κ1) is 25.1. The molecule has 0 aliphatic heterocycles. The number of benzene rings is 2. The molecule has 0 saturated heterocycles. The minimum absolute atomic E-state index is 0.0198. The quantitative estimate of drug-likeness (QED) is 0.275. The molecule has 0 bridgehead atoms. The van der Waals surface area contributed by atoms with Gasteiger partial charge in [-0.25, -0.2) is 10.2 Å². The number of nitrogens with zero attached hydrogens (tertiary/aromatic N) is 4. The van der Waals surface area contributed by atoms with Crippen LogP contribution in [0.3, 0.4) is 0 Å². The van der Waals surface area contributed by atoms with Crippen molar-refractivity contribution in [3.8, 4) is 17.0 Å². The molecule has 3 aromatic rings. The van der Waals surface area contributed by atoms with Crippen molar-refractivity contribution in [1.82, 2.24) is 15.2 Å². The Kier molecular flexibility index (Phi) is 6.72. The molecule has 11 heteroatoms. The lowest BCUT2D eigenvalue weighted by molar-refractivity contribution is -0.385. The lowest BCUT2D eigenvalue weighted by atomic mass is 9.86. The number of carboxylic acid groups (broad SMARTS) is 1. The van der Waals surface area contributed by atoms with Gasteiger partial charge in [-0.3, -0.25) is 19.6 Å². The Balaban J connectivity index is 1.86. The summed E-state index contributed by atoms with van der Waals surface area (Å²) in [7, 11) is 1.67. The molecule has 0 unspecified atom stereocenters. The molecule has 0 radical (unpaired) electrons. The van der Waals surface area contributed by atoms with Gasteiger partial charge < -0.3 is 10.2 Å². The highest BCUT2D eigenvalue weighted by molar-refractivity contribution is 6.03. The van der Waals surface area contributed by atoms with E-state index in [1.807, 2.05) is 24.3 Å². The summed E-state index contributed by atoms with van der Waals surface area (Å²) in [5.41, 5.74) is 3.54. The van der Waals surface area contributed by atoms with Gasteiger partial charge in [0.1, 0.15) is 11.3 Å². The van der Waals surface area contributed by atoms with Crippen molar-refractivity contribution < 1.29 is 24.7 Å². The fourth-order valence-electron chi connectivity index (χ4n) is 3.47. The molecule has 1 amide bonds. The third-order valence-electron chi connectivity index (χ3n) is 5.40. The number of hydrogen-bond acceptors (Lipinski definition) is 7. The van der Waals surface area contributed by atoms with Gasteiger partial charge in [0.05, 0.1) is 10.6 Å². The summed E-state index contributed by atoms with van der Waals surface area (Å²) in [6, 6.07) is 10.7. The van der Waals surface area contributed by atoms with E-state index in [9.17, 15) is 24.8 Å². The van der Waals surface area contributed by atoms with E-state index in [0.29, 0.717) is 5.69 Å². The number of nitro groups is 1. The highest BCUT2D eigenvalue weighted by Crippen LogP contribution is 2.33. The number of aromatic nitrogens is 2. The summed E-state index contributed by atoms with van der Waals surface area (Å²) in [5, 5.41) is 39.3. The van der Waals surface area contributed by atoms with E-state index in [1.54, 1.807) is 7.05 Å². The van der Waals surface area contributed by atoms with Gasteiger partial charge in [-0.15, -0.1) is 0 Å². The number of aromatic carboxylic acids is 1. The van der Waals surface area contributed by atoms with Gasteiger partial charge in [-0.05, 0) is 30.0 Å². The van der Waals surface area contributed by atoms with E-state index in [1.165, 1.54) is 11.6 Å². The molecular weight excluding hydrogens is 454 g/mol. The Morgan fingerprint density at radius 3 is 2.31 bits per heavy atom. The molecule has 3 rings (SSSR count). The second-order valence-corrected chi connectivity index (χ2v) is 8.93. The number of amides is 1. The summed E-state index contributed by atoms with van der Waals surface area (Å²) < 4.78 is 1.51. The first-order valence-electron chi connectivity index (χ1n) is 10.5. The van der Waals surface area contributed by atoms with Gasteiger partial charge in [0.15, 0.2) is 11.4 Å². The van der Waals surface area contributed by atoms with E-state index >= 15 is 0 Å². The highest BCUT2D eigenvalue weighted by Gasteiger charge is 2.23. The number of aromatic hydroxyl groups is 1. The van der Waals surface area contributed by atoms with Crippen LogP contribution in [0.2, 0.25) is 0 Å². The molecule has 0 aliphatic carbocycles. The fourth-order valence-corrected chi connectivity index (χ4v) is 3.47. The van der Waals surface area contributed by atoms with Crippen molar-refractivity contribution in [1.29, 1.82) is 0 Å². The summed E-state index contributed by atoms with van der Waals surface area (Å²) >= 11 is 0. The van der Waals surface area contributed by atoms with Crippen LogP contribution >= 0.6 is 0 Å². The van der Waals surface area contributed by atoms with Crippen molar-refractivity contribution in [3.05, 3.63) is 75.0 Å². The lowest BCUT2D eigenvalue weighted by Gasteiger charge is -2.19. The van der Waals surface area contributed by atoms with Crippen LogP contribution in [0.25, 0.3) is 11.3 Å². The third-order valence-corrected chi connectivity index (χ3v) is 5.40. The van der Waals surface area contributed by atoms with Crippen LogP contribution < -0.4 is 5.43 Å². The maximum Gasteiger partial charge on any atom is 0.342 e. The maximum atomic E-state index is 12.5. The zero-order valence-corrected chi connectivity index (χ0v) is 19.9. The van der Waals surface area contributed by atoms with Gasteiger partial charge in [-0.1, -0.05) is 45.0 Å². The number of aryl methyl sites for hydroxylation is 1. The first-order chi connectivity index (χ1) is 16.3. The Morgan fingerprint density at radius 2 is 1.77 bits per heavy atom. The minimum Gasteiger partial charge on any atom is -0.504 e. The zero-order valence-electron chi connectivity index (χ0n) is 19.9. The van der Waals surface area contributed by atoms with Gasteiger partial charge in [0, 0.05) is 24.2 Å². The number of hydrogen-bond donors (Lipinski definition) is 3. The van der Waals surface area contributed by atoms with Crippen molar-refractivity contribution >= 4 is 23.3 Å². The monoisotopic (exact) mass is 479 g/mol. The number of hydrazone groups is 1. The molecule has 35 heavy (non-hydrogen) atoms. The Morgan fingerprint density at radius 1 is 1.14 bits per heavy atom. The number of carboxylic acids is 1. The van der Waals surface area contributed by atoms with Gasteiger partial charge in [-0.2, -0.15) is 10.2 Å². The molecule has 0 aliphatic rings. The molecule has 0 spiro atoms. The van der Waals surface area contributed by atoms with E-state index in [4.69, 9.17) is 5.11 Å². The fraction of sp³-hybridized carbons (Fsp3) is 0.250. The molecule has 3 N–H and O–H groups in total. The predicted octanol–water partition coefficient (Wildman–Crippen LogP) is 3.85. The highest BCUT2D eigenvalue weighted by atomic mass is 16.6.